The number of aromatic carboxylic acids is 1. The summed E-state index contributed by atoms with van der Waals surface area (Å²) in [4.78, 5) is 20.4. The molecule has 1 unspecified atom stereocenters. The van der Waals surface area contributed by atoms with Crippen LogP contribution in [0, 0.1) is 0 Å². The number of carboxylic acid groups (broad SMARTS) is 1. The molecule has 2 aromatic heterocycles. The minimum absolute atomic E-state index is 0.0715. The number of benzene rings is 1. The van der Waals surface area contributed by atoms with E-state index in [0.717, 1.165) is 5.69 Å². The minimum Gasteiger partial charge on any atom is -0.495 e. The second-order valence-electron chi connectivity index (χ2n) is 5.73. The molecule has 1 aliphatic heterocycles. The van der Waals surface area contributed by atoms with E-state index in [-0.39, 0.29) is 18.2 Å². The minimum atomic E-state index is -1.07. The molecule has 1 aromatic carbocycles. The van der Waals surface area contributed by atoms with Gasteiger partial charge in [0.2, 0.25) is 0 Å². The summed E-state index contributed by atoms with van der Waals surface area (Å²) in [6.45, 7) is 0.269. The second kappa shape index (κ2) is 6.45. The molecule has 0 saturated carbocycles. The van der Waals surface area contributed by atoms with Crippen LogP contribution in [0.4, 0.5) is 5.69 Å². The zero-order chi connectivity index (χ0) is 18.3. The number of carbonyl (C=O) groups is 1. The van der Waals surface area contributed by atoms with Crippen molar-refractivity contribution in [2.75, 3.05) is 19.0 Å². The lowest BCUT2D eigenvalue weighted by atomic mass is 10.1. The summed E-state index contributed by atoms with van der Waals surface area (Å²) in [5.74, 6) is -0.0114. The number of ether oxygens (including phenoxy) is 2. The third kappa shape index (κ3) is 2.62. The van der Waals surface area contributed by atoms with E-state index in [9.17, 15) is 9.90 Å². The van der Waals surface area contributed by atoms with Crippen molar-refractivity contribution in [1.82, 2.24) is 9.97 Å². The first-order valence-electron chi connectivity index (χ1n) is 7.83. The first kappa shape index (κ1) is 16.6. The van der Waals surface area contributed by atoms with Gasteiger partial charge in [0.25, 0.3) is 0 Å². The van der Waals surface area contributed by atoms with E-state index in [1.165, 1.54) is 6.20 Å². The molecule has 26 heavy (non-hydrogen) atoms. The lowest BCUT2D eigenvalue weighted by Crippen LogP contribution is -2.19. The van der Waals surface area contributed by atoms with Crippen LogP contribution in [-0.4, -0.2) is 34.8 Å². The van der Waals surface area contributed by atoms with Crippen molar-refractivity contribution < 1.29 is 19.4 Å². The van der Waals surface area contributed by atoms with Gasteiger partial charge in [-0.15, -0.1) is 0 Å². The predicted molar refractivity (Wildman–Crippen MR) is 99.1 cm³/mol. The molecule has 3 heterocycles. The van der Waals surface area contributed by atoms with E-state index in [0.29, 0.717) is 32.6 Å². The topological polar surface area (TPSA) is 93.6 Å². The Bertz CT molecular complexity index is 1010. The van der Waals surface area contributed by atoms with Gasteiger partial charge in [0.1, 0.15) is 34.2 Å². The summed E-state index contributed by atoms with van der Waals surface area (Å²) in [6.07, 6.45) is 3.03. The quantitative estimate of drug-likeness (QED) is 0.673. The highest BCUT2D eigenvalue weighted by atomic mass is 79.9. The summed E-state index contributed by atoms with van der Waals surface area (Å²) in [5.41, 5.74) is 1.86. The van der Waals surface area contributed by atoms with Crippen LogP contribution in [0.5, 0.6) is 11.5 Å². The standard InChI is InChI=1S/C18H14BrN3O4/c1-25-13-6-11-14-16(9(7-21-11)18(23)24)22-12(8-26-17(14)15(13)19)10-4-2-3-5-20-10/h2-7,12,22H,8H2,1H3,(H,23,24). The number of nitrogens with one attached hydrogen (secondary N) is 1. The molecule has 0 amide bonds. The molecule has 1 atom stereocenters. The van der Waals surface area contributed by atoms with E-state index in [1.54, 1.807) is 19.4 Å². The fraction of sp³-hybridized carbons (Fsp3) is 0.167. The maximum Gasteiger partial charge on any atom is 0.339 e. The molecule has 0 spiro atoms. The smallest absolute Gasteiger partial charge is 0.339 e. The van der Waals surface area contributed by atoms with Crippen LogP contribution in [0.25, 0.3) is 10.9 Å². The van der Waals surface area contributed by atoms with Crippen molar-refractivity contribution in [2.24, 2.45) is 0 Å². The van der Waals surface area contributed by atoms with Crippen molar-refractivity contribution in [3.63, 3.8) is 0 Å². The lowest BCUT2D eigenvalue weighted by Gasteiger charge is -2.17. The first-order chi connectivity index (χ1) is 12.6. The van der Waals surface area contributed by atoms with Gasteiger partial charge in [0.05, 0.1) is 29.4 Å². The Morgan fingerprint density at radius 1 is 1.42 bits per heavy atom. The summed E-state index contributed by atoms with van der Waals surface area (Å²) < 4.78 is 12.0. The van der Waals surface area contributed by atoms with Crippen LogP contribution in [0.15, 0.2) is 41.1 Å². The van der Waals surface area contributed by atoms with Gasteiger partial charge in [0.15, 0.2) is 0 Å². The van der Waals surface area contributed by atoms with Crippen LogP contribution in [-0.2, 0) is 0 Å². The van der Waals surface area contributed by atoms with Crippen molar-refractivity contribution >= 4 is 38.5 Å². The molecule has 0 saturated heterocycles. The number of aromatic nitrogens is 2. The van der Waals surface area contributed by atoms with Gasteiger partial charge >= 0.3 is 5.97 Å². The van der Waals surface area contributed by atoms with E-state index in [2.05, 4.69) is 31.2 Å². The van der Waals surface area contributed by atoms with Gasteiger partial charge in [-0.05, 0) is 28.1 Å². The fourth-order valence-corrected chi connectivity index (χ4v) is 3.58. The second-order valence-corrected chi connectivity index (χ2v) is 6.52. The first-order valence-corrected chi connectivity index (χ1v) is 8.62. The lowest BCUT2D eigenvalue weighted by molar-refractivity contribution is 0.0697. The Labute approximate surface area is 157 Å². The van der Waals surface area contributed by atoms with Crippen molar-refractivity contribution in [3.05, 3.63) is 52.4 Å². The number of pyridine rings is 2. The molecule has 132 valence electrons. The molecule has 3 aromatic rings. The van der Waals surface area contributed by atoms with E-state index in [4.69, 9.17) is 9.47 Å². The van der Waals surface area contributed by atoms with Crippen molar-refractivity contribution in [2.45, 2.75) is 6.04 Å². The number of carboxylic acids is 1. The fourth-order valence-electron chi connectivity index (χ4n) is 2.99. The molecule has 0 radical (unpaired) electrons. The SMILES string of the molecule is COc1cc2ncc(C(=O)O)c3c2c(c1Br)OCC(c1ccccn1)N3. The van der Waals surface area contributed by atoms with Crippen LogP contribution in [0.1, 0.15) is 22.1 Å². The highest BCUT2D eigenvalue weighted by Gasteiger charge is 2.28. The molecule has 4 rings (SSSR count). The van der Waals surface area contributed by atoms with Gasteiger partial charge in [-0.3, -0.25) is 9.97 Å². The van der Waals surface area contributed by atoms with Gasteiger partial charge in [-0.1, -0.05) is 6.07 Å². The molecule has 2 N–H and O–H groups in total. The van der Waals surface area contributed by atoms with E-state index >= 15 is 0 Å². The number of rotatable bonds is 3. The highest BCUT2D eigenvalue weighted by molar-refractivity contribution is 9.10. The predicted octanol–water partition coefficient (Wildman–Crippen LogP) is 3.64. The van der Waals surface area contributed by atoms with Gasteiger partial charge in [-0.2, -0.15) is 0 Å². The van der Waals surface area contributed by atoms with Gasteiger partial charge < -0.3 is 19.9 Å². The highest BCUT2D eigenvalue weighted by Crippen LogP contribution is 2.46. The normalized spacial score (nSPS) is 15.7. The molecule has 8 heteroatoms. The van der Waals surface area contributed by atoms with Gasteiger partial charge in [-0.25, -0.2) is 4.79 Å². The molecule has 0 bridgehead atoms. The summed E-state index contributed by atoms with van der Waals surface area (Å²) in [7, 11) is 1.55. The number of anilines is 1. The molecular weight excluding hydrogens is 402 g/mol. The maximum absolute atomic E-state index is 11.8. The molecule has 1 aliphatic rings. The number of hydrogen-bond acceptors (Lipinski definition) is 6. The van der Waals surface area contributed by atoms with Crippen LogP contribution in [0.2, 0.25) is 0 Å². The van der Waals surface area contributed by atoms with Crippen LogP contribution >= 0.6 is 15.9 Å². The van der Waals surface area contributed by atoms with Crippen molar-refractivity contribution in [1.29, 1.82) is 0 Å². The molecular formula is C18H14BrN3O4. The summed E-state index contributed by atoms with van der Waals surface area (Å²) >= 11 is 3.49. The third-order valence-electron chi connectivity index (χ3n) is 4.23. The average Bonchev–Trinajstić information content (AvgIpc) is 2.86. The zero-order valence-electron chi connectivity index (χ0n) is 13.7. The number of nitrogens with zero attached hydrogens (tertiary/aromatic N) is 2. The van der Waals surface area contributed by atoms with Crippen molar-refractivity contribution in [3.8, 4) is 11.5 Å². The van der Waals surface area contributed by atoms with Crippen LogP contribution in [0.3, 0.4) is 0 Å². The largest absolute Gasteiger partial charge is 0.495 e. The summed E-state index contributed by atoms with van der Waals surface area (Å²) in [5, 5.41) is 13.5. The van der Waals surface area contributed by atoms with Crippen LogP contribution < -0.4 is 14.8 Å². The Kier molecular flexibility index (Phi) is 4.12. The third-order valence-corrected chi connectivity index (χ3v) is 4.98. The Hall–Kier alpha value is -2.87. The summed E-state index contributed by atoms with van der Waals surface area (Å²) in [6, 6.07) is 6.99. The maximum atomic E-state index is 11.8. The van der Waals surface area contributed by atoms with E-state index < -0.39 is 5.97 Å². The number of hydrogen-bond donors (Lipinski definition) is 2. The van der Waals surface area contributed by atoms with Gasteiger partial charge in [0, 0.05) is 18.5 Å². The zero-order valence-corrected chi connectivity index (χ0v) is 15.3. The molecule has 0 fully saturated rings. The number of methoxy groups -OCH3 is 1. The Morgan fingerprint density at radius 2 is 2.27 bits per heavy atom. The monoisotopic (exact) mass is 415 g/mol. The van der Waals surface area contributed by atoms with E-state index in [1.807, 2.05) is 18.2 Å². The Morgan fingerprint density at radius 3 is 2.96 bits per heavy atom. The number of halogens is 1. The average molecular weight is 416 g/mol. The molecule has 0 aliphatic carbocycles. The molecule has 7 nitrogen and oxygen atoms in total. The Balaban J connectivity index is 1.97.